The fourth-order valence-electron chi connectivity index (χ4n) is 2.97. The van der Waals surface area contributed by atoms with Crippen molar-refractivity contribution >= 4 is 33.4 Å². The predicted octanol–water partition coefficient (Wildman–Crippen LogP) is 1.45. The van der Waals surface area contributed by atoms with Gasteiger partial charge in [0.05, 0.1) is 23.4 Å². The molecular weight excluding hydrogens is 442 g/mol. The smallest absolute Gasteiger partial charge is 0.243 e. The second-order valence-electron chi connectivity index (χ2n) is 6.94. The van der Waals surface area contributed by atoms with E-state index in [1.54, 1.807) is 32.5 Å². The normalized spacial score (nSPS) is 16.2. The van der Waals surface area contributed by atoms with Gasteiger partial charge in [0.1, 0.15) is 6.33 Å². The molecule has 1 aromatic carbocycles. The molecule has 2 aromatic rings. The number of benzene rings is 1. The lowest BCUT2D eigenvalue weighted by atomic mass is 10.3. The van der Waals surface area contributed by atoms with Gasteiger partial charge in [-0.3, -0.25) is 4.79 Å². The molecule has 0 saturated carbocycles. The Balaban J connectivity index is 1.57. The Labute approximate surface area is 186 Å². The van der Waals surface area contributed by atoms with Gasteiger partial charge in [-0.2, -0.15) is 4.31 Å². The van der Waals surface area contributed by atoms with Crippen LogP contribution in [0.5, 0.6) is 0 Å². The number of carbonyl (C=O) groups excluding carboxylic acids is 1. The average molecular weight is 470 g/mol. The molecule has 1 aliphatic rings. The lowest BCUT2D eigenvalue weighted by Crippen LogP contribution is -2.40. The van der Waals surface area contributed by atoms with E-state index in [1.165, 1.54) is 28.2 Å². The first-order valence-electron chi connectivity index (χ1n) is 9.94. The minimum Gasteiger partial charge on any atom is -0.385 e. The molecule has 0 unspecified atom stereocenters. The van der Waals surface area contributed by atoms with Crippen LogP contribution in [0.15, 0.2) is 40.6 Å². The summed E-state index contributed by atoms with van der Waals surface area (Å²) in [6, 6.07) is 6.20. The molecule has 1 atom stereocenters. The van der Waals surface area contributed by atoms with Crippen LogP contribution in [0.2, 0.25) is 0 Å². The zero-order valence-corrected chi connectivity index (χ0v) is 19.2. The Morgan fingerprint density at radius 2 is 2.00 bits per heavy atom. The highest BCUT2D eigenvalue weighted by molar-refractivity contribution is 8.00. The summed E-state index contributed by atoms with van der Waals surface area (Å²) in [5, 5.41) is 11.1. The van der Waals surface area contributed by atoms with Crippen LogP contribution in [0.25, 0.3) is 0 Å². The highest BCUT2D eigenvalue weighted by atomic mass is 32.2. The number of thioether (sulfide) groups is 1. The number of carbonyl (C=O) groups is 1. The number of aromatic nitrogens is 3. The Bertz CT molecular complexity index is 958. The third-order valence-electron chi connectivity index (χ3n) is 4.71. The fourth-order valence-corrected chi connectivity index (χ4v) is 5.23. The number of sulfonamides is 1. The summed E-state index contributed by atoms with van der Waals surface area (Å²) in [7, 11) is -1.91. The Morgan fingerprint density at radius 3 is 2.68 bits per heavy atom. The van der Waals surface area contributed by atoms with Gasteiger partial charge in [0, 0.05) is 39.0 Å². The number of hydrogen-bond donors (Lipinski definition) is 1. The molecule has 1 aliphatic heterocycles. The average Bonchev–Trinajstić information content (AvgIpc) is 3.21. The van der Waals surface area contributed by atoms with Crippen LogP contribution in [0.1, 0.15) is 13.3 Å². The number of hydrogen-bond acceptors (Lipinski definition) is 8. The number of nitrogens with one attached hydrogen (secondary N) is 1. The van der Waals surface area contributed by atoms with E-state index in [2.05, 4.69) is 15.5 Å². The quantitative estimate of drug-likeness (QED) is 0.411. The molecule has 170 valence electrons. The predicted molar refractivity (Wildman–Crippen MR) is 116 cm³/mol. The maximum atomic E-state index is 12.7. The van der Waals surface area contributed by atoms with Crippen molar-refractivity contribution in [2.45, 2.75) is 35.2 Å². The monoisotopic (exact) mass is 469 g/mol. The van der Waals surface area contributed by atoms with Crippen molar-refractivity contribution in [2.75, 3.05) is 45.3 Å². The topological polar surface area (TPSA) is 116 Å². The zero-order valence-electron chi connectivity index (χ0n) is 17.6. The summed E-state index contributed by atoms with van der Waals surface area (Å²) >= 11 is 1.31. The summed E-state index contributed by atoms with van der Waals surface area (Å²) in [6.07, 6.45) is 2.46. The standard InChI is InChI=1S/C19H27N5O5S2/c1-15(30-19-22-20-14-23(19)8-3-11-28-2)18(25)21-16-4-6-17(7-5-16)31(26,27)24-9-12-29-13-10-24/h4-7,14-15H,3,8-13H2,1-2H3,(H,21,25)/t15-/m1/s1. The van der Waals surface area contributed by atoms with E-state index in [0.717, 1.165) is 6.42 Å². The number of ether oxygens (including phenoxy) is 2. The summed E-state index contributed by atoms with van der Waals surface area (Å²) in [6.45, 7) is 4.58. The molecule has 3 rings (SSSR count). The number of rotatable bonds is 10. The SMILES string of the molecule is COCCCn1cnnc1S[C@H](C)C(=O)Nc1ccc(S(=O)(=O)N2CCOCC2)cc1. The summed E-state index contributed by atoms with van der Waals surface area (Å²) in [4.78, 5) is 12.8. The van der Waals surface area contributed by atoms with Crippen LogP contribution < -0.4 is 5.32 Å². The highest BCUT2D eigenvalue weighted by Crippen LogP contribution is 2.23. The molecule has 0 aliphatic carbocycles. The molecule has 12 heteroatoms. The molecule has 1 N–H and O–H groups in total. The van der Waals surface area contributed by atoms with Gasteiger partial charge >= 0.3 is 0 Å². The molecular formula is C19H27N5O5S2. The van der Waals surface area contributed by atoms with Crippen molar-refractivity contribution in [3.05, 3.63) is 30.6 Å². The summed E-state index contributed by atoms with van der Waals surface area (Å²) in [5.41, 5.74) is 0.528. The van der Waals surface area contributed by atoms with Gasteiger partial charge in [0.15, 0.2) is 5.16 Å². The van der Waals surface area contributed by atoms with E-state index < -0.39 is 15.3 Å². The van der Waals surface area contributed by atoms with Crippen molar-refractivity contribution in [3.63, 3.8) is 0 Å². The first-order valence-corrected chi connectivity index (χ1v) is 12.3. The number of methoxy groups -OCH3 is 1. The molecule has 0 radical (unpaired) electrons. The molecule has 10 nitrogen and oxygen atoms in total. The number of anilines is 1. The molecule has 0 bridgehead atoms. The number of aryl methyl sites for hydroxylation is 1. The number of amides is 1. The minimum absolute atomic E-state index is 0.194. The second kappa shape index (κ2) is 11.0. The van der Waals surface area contributed by atoms with Crippen molar-refractivity contribution in [2.24, 2.45) is 0 Å². The first kappa shape index (κ1) is 23.7. The van der Waals surface area contributed by atoms with Crippen LogP contribution in [-0.4, -0.2) is 78.7 Å². The second-order valence-corrected chi connectivity index (χ2v) is 10.2. The fraction of sp³-hybridized carbons (Fsp3) is 0.526. The lowest BCUT2D eigenvalue weighted by Gasteiger charge is -2.26. The van der Waals surface area contributed by atoms with Gasteiger partial charge in [-0.25, -0.2) is 8.42 Å². The molecule has 2 heterocycles. The molecule has 0 spiro atoms. The van der Waals surface area contributed by atoms with Gasteiger partial charge in [0.2, 0.25) is 15.9 Å². The van der Waals surface area contributed by atoms with E-state index in [4.69, 9.17) is 9.47 Å². The zero-order chi connectivity index (χ0) is 22.3. The van der Waals surface area contributed by atoms with Crippen LogP contribution >= 0.6 is 11.8 Å². The summed E-state index contributed by atoms with van der Waals surface area (Å²) in [5.74, 6) is -0.208. The highest BCUT2D eigenvalue weighted by Gasteiger charge is 2.26. The summed E-state index contributed by atoms with van der Waals surface area (Å²) < 4.78 is 38.9. The molecule has 31 heavy (non-hydrogen) atoms. The minimum atomic E-state index is -3.56. The van der Waals surface area contributed by atoms with Crippen LogP contribution in [-0.2, 0) is 30.8 Å². The van der Waals surface area contributed by atoms with E-state index in [1.807, 2.05) is 4.57 Å². The van der Waals surface area contributed by atoms with Crippen LogP contribution in [0.3, 0.4) is 0 Å². The third kappa shape index (κ3) is 6.26. The van der Waals surface area contributed by atoms with Gasteiger partial charge in [-0.1, -0.05) is 11.8 Å². The van der Waals surface area contributed by atoms with Crippen LogP contribution in [0.4, 0.5) is 5.69 Å². The van der Waals surface area contributed by atoms with Crippen LogP contribution in [0, 0.1) is 0 Å². The number of nitrogens with zero attached hydrogens (tertiary/aromatic N) is 4. The Kier molecular flexibility index (Phi) is 8.43. The van der Waals surface area contributed by atoms with E-state index in [9.17, 15) is 13.2 Å². The van der Waals surface area contributed by atoms with E-state index in [0.29, 0.717) is 50.3 Å². The Hall–Kier alpha value is -1.99. The van der Waals surface area contributed by atoms with Crippen molar-refractivity contribution in [1.29, 1.82) is 0 Å². The van der Waals surface area contributed by atoms with Crippen molar-refractivity contribution in [1.82, 2.24) is 19.1 Å². The van der Waals surface area contributed by atoms with E-state index >= 15 is 0 Å². The molecule has 1 amide bonds. The van der Waals surface area contributed by atoms with Gasteiger partial charge in [-0.05, 0) is 37.6 Å². The third-order valence-corrected chi connectivity index (χ3v) is 7.72. The largest absolute Gasteiger partial charge is 0.385 e. The Morgan fingerprint density at radius 1 is 1.29 bits per heavy atom. The van der Waals surface area contributed by atoms with Gasteiger partial charge in [0.25, 0.3) is 0 Å². The lowest BCUT2D eigenvalue weighted by molar-refractivity contribution is -0.115. The van der Waals surface area contributed by atoms with E-state index in [-0.39, 0.29) is 10.8 Å². The maximum Gasteiger partial charge on any atom is 0.243 e. The molecule has 1 aromatic heterocycles. The molecule has 1 saturated heterocycles. The molecule has 1 fully saturated rings. The first-order chi connectivity index (χ1) is 14.9. The van der Waals surface area contributed by atoms with Crippen molar-refractivity contribution < 1.29 is 22.7 Å². The van der Waals surface area contributed by atoms with Gasteiger partial charge in [-0.15, -0.1) is 10.2 Å². The van der Waals surface area contributed by atoms with Gasteiger partial charge < -0.3 is 19.4 Å². The maximum absolute atomic E-state index is 12.7. The number of morpholine rings is 1. The van der Waals surface area contributed by atoms with Crippen molar-refractivity contribution in [3.8, 4) is 0 Å².